The second-order valence-corrected chi connectivity index (χ2v) is 8.89. The van der Waals surface area contributed by atoms with Gasteiger partial charge in [0.15, 0.2) is 0 Å². The second kappa shape index (κ2) is 11.9. The monoisotopic (exact) mass is 338 g/mol. The highest BCUT2D eigenvalue weighted by Gasteiger charge is 2.34. The highest BCUT2D eigenvalue weighted by molar-refractivity contribution is 5.70. The average molecular weight is 339 g/mol. The zero-order valence-corrected chi connectivity index (χ0v) is 16.7. The van der Waals surface area contributed by atoms with Gasteiger partial charge >= 0.3 is 5.97 Å². The Kier molecular flexibility index (Phi) is 10.7. The van der Waals surface area contributed by atoms with Crippen LogP contribution in [0, 0.1) is 29.6 Å². The van der Waals surface area contributed by atoms with Gasteiger partial charge in [-0.1, -0.05) is 85.5 Å². The minimum atomic E-state index is -0.536. The molecule has 0 aromatic rings. The molecule has 0 spiro atoms. The number of carbonyl (C=O) groups is 1. The van der Waals surface area contributed by atoms with Crippen molar-refractivity contribution in [2.75, 3.05) is 0 Å². The van der Waals surface area contributed by atoms with Gasteiger partial charge in [0.2, 0.25) is 0 Å². The van der Waals surface area contributed by atoms with E-state index in [1.165, 1.54) is 57.8 Å². The van der Waals surface area contributed by atoms with Crippen LogP contribution >= 0.6 is 0 Å². The van der Waals surface area contributed by atoms with Crippen molar-refractivity contribution in [3.63, 3.8) is 0 Å². The molecule has 142 valence electrons. The molecule has 4 unspecified atom stereocenters. The summed E-state index contributed by atoms with van der Waals surface area (Å²) in [6.45, 7) is 9.20. The topological polar surface area (TPSA) is 37.3 Å². The standard InChI is InChI=1S/C22H42O2/c1-5-6-7-11-20-15-14-19(16-21(20)22(23)24)13-12-18(4)10-8-9-17(2)3/h17-21H,5-16H2,1-4H3,(H,23,24). The van der Waals surface area contributed by atoms with Gasteiger partial charge in [-0.2, -0.15) is 0 Å². The molecule has 1 aliphatic rings. The van der Waals surface area contributed by atoms with E-state index in [9.17, 15) is 9.90 Å². The molecule has 2 heteroatoms. The van der Waals surface area contributed by atoms with Crippen molar-refractivity contribution >= 4 is 5.97 Å². The molecular weight excluding hydrogens is 296 g/mol. The van der Waals surface area contributed by atoms with Gasteiger partial charge in [0.1, 0.15) is 0 Å². The third kappa shape index (κ3) is 8.53. The van der Waals surface area contributed by atoms with Crippen LogP contribution < -0.4 is 0 Å². The van der Waals surface area contributed by atoms with Crippen LogP contribution in [0.5, 0.6) is 0 Å². The summed E-state index contributed by atoms with van der Waals surface area (Å²) in [6.07, 6.45) is 14.7. The first-order valence-electron chi connectivity index (χ1n) is 10.7. The van der Waals surface area contributed by atoms with E-state index in [1.54, 1.807) is 0 Å². The summed E-state index contributed by atoms with van der Waals surface area (Å²) in [5.74, 6) is 2.10. The van der Waals surface area contributed by atoms with Crippen LogP contribution in [0.4, 0.5) is 0 Å². The lowest BCUT2D eigenvalue weighted by Gasteiger charge is -2.34. The molecule has 0 radical (unpaired) electrons. The van der Waals surface area contributed by atoms with E-state index in [2.05, 4.69) is 27.7 Å². The zero-order chi connectivity index (χ0) is 17.9. The Balaban J connectivity index is 2.31. The zero-order valence-electron chi connectivity index (χ0n) is 16.7. The van der Waals surface area contributed by atoms with Gasteiger partial charge in [0.25, 0.3) is 0 Å². The number of hydrogen-bond donors (Lipinski definition) is 1. The van der Waals surface area contributed by atoms with Crippen molar-refractivity contribution in [2.45, 2.75) is 105 Å². The molecule has 4 atom stereocenters. The summed E-state index contributed by atoms with van der Waals surface area (Å²) in [5, 5.41) is 9.63. The van der Waals surface area contributed by atoms with Gasteiger partial charge in [-0.05, 0) is 42.9 Å². The number of rotatable bonds is 12. The van der Waals surface area contributed by atoms with E-state index >= 15 is 0 Å². The van der Waals surface area contributed by atoms with Crippen molar-refractivity contribution in [1.29, 1.82) is 0 Å². The molecule has 0 aromatic carbocycles. The van der Waals surface area contributed by atoms with Crippen LogP contribution in [-0.2, 0) is 4.79 Å². The summed E-state index contributed by atoms with van der Waals surface area (Å²) in [5.41, 5.74) is 0. The molecule has 0 heterocycles. The lowest BCUT2D eigenvalue weighted by atomic mass is 9.70. The van der Waals surface area contributed by atoms with Crippen molar-refractivity contribution in [3.05, 3.63) is 0 Å². The first kappa shape index (κ1) is 21.5. The van der Waals surface area contributed by atoms with Gasteiger partial charge in [0, 0.05) is 0 Å². The Morgan fingerprint density at radius 3 is 2.38 bits per heavy atom. The van der Waals surface area contributed by atoms with Crippen LogP contribution in [0.2, 0.25) is 0 Å². The minimum Gasteiger partial charge on any atom is -0.481 e. The van der Waals surface area contributed by atoms with Gasteiger partial charge in [0.05, 0.1) is 5.92 Å². The number of unbranched alkanes of at least 4 members (excludes halogenated alkanes) is 2. The maximum Gasteiger partial charge on any atom is 0.306 e. The van der Waals surface area contributed by atoms with Crippen molar-refractivity contribution < 1.29 is 9.90 Å². The summed E-state index contributed by atoms with van der Waals surface area (Å²) in [6, 6.07) is 0. The van der Waals surface area contributed by atoms with Crippen molar-refractivity contribution in [1.82, 2.24) is 0 Å². The smallest absolute Gasteiger partial charge is 0.306 e. The highest BCUT2D eigenvalue weighted by Crippen LogP contribution is 2.39. The number of hydrogen-bond acceptors (Lipinski definition) is 1. The highest BCUT2D eigenvalue weighted by atomic mass is 16.4. The summed E-state index contributed by atoms with van der Waals surface area (Å²) >= 11 is 0. The Labute approximate surface area is 150 Å². The molecule has 1 saturated carbocycles. The van der Waals surface area contributed by atoms with Crippen LogP contribution in [0.25, 0.3) is 0 Å². The normalized spacial score (nSPS) is 25.8. The number of carboxylic acids is 1. The lowest BCUT2D eigenvalue weighted by molar-refractivity contribution is -0.146. The molecule has 0 aromatic heterocycles. The van der Waals surface area contributed by atoms with Crippen molar-refractivity contribution in [2.24, 2.45) is 29.6 Å². The van der Waals surface area contributed by atoms with Crippen LogP contribution in [0.15, 0.2) is 0 Å². The molecule has 1 aliphatic carbocycles. The maximum atomic E-state index is 11.7. The first-order valence-corrected chi connectivity index (χ1v) is 10.7. The van der Waals surface area contributed by atoms with Gasteiger partial charge < -0.3 is 5.11 Å². The molecule has 1 rings (SSSR count). The largest absolute Gasteiger partial charge is 0.481 e. The third-order valence-corrected chi connectivity index (χ3v) is 6.14. The van der Waals surface area contributed by atoms with Crippen molar-refractivity contribution in [3.8, 4) is 0 Å². The van der Waals surface area contributed by atoms with E-state index < -0.39 is 5.97 Å². The molecule has 24 heavy (non-hydrogen) atoms. The quantitative estimate of drug-likeness (QED) is 0.392. The fourth-order valence-corrected chi connectivity index (χ4v) is 4.43. The first-order chi connectivity index (χ1) is 11.4. The van der Waals surface area contributed by atoms with Gasteiger partial charge in [-0.3, -0.25) is 4.79 Å². The predicted octanol–water partition coefficient (Wildman–Crippen LogP) is 6.93. The number of aliphatic carboxylic acids is 1. The molecular formula is C22H42O2. The SMILES string of the molecule is CCCCCC1CCC(CCC(C)CCCC(C)C)CC1C(=O)O. The molecule has 1 N–H and O–H groups in total. The Bertz CT molecular complexity index is 337. The molecule has 0 saturated heterocycles. The second-order valence-electron chi connectivity index (χ2n) is 8.89. The van der Waals surface area contributed by atoms with Crippen LogP contribution in [-0.4, -0.2) is 11.1 Å². The molecule has 0 bridgehead atoms. The third-order valence-electron chi connectivity index (χ3n) is 6.14. The van der Waals surface area contributed by atoms with Gasteiger partial charge in [-0.25, -0.2) is 0 Å². The fourth-order valence-electron chi connectivity index (χ4n) is 4.43. The summed E-state index contributed by atoms with van der Waals surface area (Å²) in [4.78, 5) is 11.7. The van der Waals surface area contributed by atoms with E-state index in [0.29, 0.717) is 11.8 Å². The average Bonchev–Trinajstić information content (AvgIpc) is 2.53. The molecule has 0 amide bonds. The Morgan fingerprint density at radius 1 is 1.00 bits per heavy atom. The Hall–Kier alpha value is -0.530. The lowest BCUT2D eigenvalue weighted by Crippen LogP contribution is -2.31. The van der Waals surface area contributed by atoms with Crippen LogP contribution in [0.3, 0.4) is 0 Å². The van der Waals surface area contributed by atoms with Gasteiger partial charge in [-0.15, -0.1) is 0 Å². The van der Waals surface area contributed by atoms with E-state index in [1.807, 2.05) is 0 Å². The molecule has 1 fully saturated rings. The molecule has 2 nitrogen and oxygen atoms in total. The predicted molar refractivity (Wildman–Crippen MR) is 103 cm³/mol. The fraction of sp³-hybridized carbons (Fsp3) is 0.955. The number of carboxylic acid groups (broad SMARTS) is 1. The Morgan fingerprint density at radius 2 is 1.75 bits per heavy atom. The van der Waals surface area contributed by atoms with Crippen LogP contribution in [0.1, 0.15) is 105 Å². The molecule has 0 aliphatic heterocycles. The summed E-state index contributed by atoms with van der Waals surface area (Å²) in [7, 11) is 0. The van der Waals surface area contributed by atoms with E-state index in [0.717, 1.165) is 31.1 Å². The maximum absolute atomic E-state index is 11.7. The van der Waals surface area contributed by atoms with E-state index in [4.69, 9.17) is 0 Å². The van der Waals surface area contributed by atoms with E-state index in [-0.39, 0.29) is 5.92 Å². The summed E-state index contributed by atoms with van der Waals surface area (Å²) < 4.78 is 0. The minimum absolute atomic E-state index is 0.0724.